The van der Waals surface area contributed by atoms with Crippen molar-refractivity contribution in [3.63, 3.8) is 0 Å². The highest BCUT2D eigenvalue weighted by molar-refractivity contribution is 5.92. The summed E-state index contributed by atoms with van der Waals surface area (Å²) < 4.78 is 0. The molecule has 0 N–H and O–H groups in total. The first kappa shape index (κ1) is 9.67. The molecule has 0 bridgehead atoms. The molecule has 18 atom stereocenters. The Kier molecular flexibility index (Phi) is 0.581. The second-order valence-corrected chi connectivity index (χ2v) is 15.8. The average Bonchev–Trinajstić information content (AvgIpc) is 2.50. The van der Waals surface area contributed by atoms with Crippen molar-refractivity contribution in [2.75, 3.05) is 0 Å². The van der Waals surface area contributed by atoms with Crippen molar-refractivity contribution in [3.05, 3.63) is 0 Å². The summed E-state index contributed by atoms with van der Waals surface area (Å²) in [4.78, 5) is 0. The maximum Gasteiger partial charge on any atom is -0.00143 e. The van der Waals surface area contributed by atoms with Gasteiger partial charge in [0.2, 0.25) is 0 Å². The van der Waals surface area contributed by atoms with E-state index in [1.165, 1.54) is 76.9 Å². The number of hydrogen-bond donors (Lipinski definition) is 0. The second-order valence-electron chi connectivity index (χ2n) is 15.8. The molecule has 0 heterocycles. The fourth-order valence-corrected chi connectivity index (χ4v) is 24.4. The lowest BCUT2D eigenvalue weighted by atomic mass is 8.55. The van der Waals surface area contributed by atoms with Crippen LogP contribution in [0.4, 0.5) is 0 Å². The smallest absolute Gasteiger partial charge is 0.00143 e. The summed E-state index contributed by atoms with van der Waals surface area (Å²) in [5.41, 5.74) is 9.88. The van der Waals surface area contributed by atoms with Gasteiger partial charge in [0.25, 0.3) is 0 Å². The minimum atomic E-state index is 1.08. The highest BCUT2D eigenvalue weighted by Crippen LogP contribution is 3.49. The van der Waals surface area contributed by atoms with Crippen molar-refractivity contribution in [1.82, 2.24) is 0 Å². The van der Waals surface area contributed by atoms with Crippen molar-refractivity contribution >= 4 is 0 Å². The van der Waals surface area contributed by atoms with Gasteiger partial charge in [0.05, 0.1) is 0 Å². The van der Waals surface area contributed by atoms with E-state index >= 15 is 0 Å². The highest BCUT2D eigenvalue weighted by Gasteiger charge is 3.47. The van der Waals surface area contributed by atoms with Crippen LogP contribution in [-0.4, -0.2) is 0 Å². The van der Waals surface area contributed by atoms with E-state index < -0.39 is 0 Å². The standard InChI is InChI=1S/C26H22/c1-5-12-16-10-3-8-14-6-2-7-15-9-4-11-17-13(5)21(12)24(16)19(8,10)22(14)18(6,7)23(15)20(9,11)25(17,21)26(22,23)24/h5-17H,2-4H2,1H3. The first-order valence-corrected chi connectivity index (χ1v) is 12.8. The van der Waals surface area contributed by atoms with Gasteiger partial charge in [-0.2, -0.15) is 0 Å². The van der Waals surface area contributed by atoms with Gasteiger partial charge in [0.1, 0.15) is 0 Å². The van der Waals surface area contributed by atoms with Gasteiger partial charge in [-0.3, -0.25) is 0 Å². The van der Waals surface area contributed by atoms with Crippen LogP contribution in [0.25, 0.3) is 0 Å². The Hall–Kier alpha value is 0. The highest BCUT2D eigenvalue weighted by atomic mass is 15.5. The Morgan fingerprint density at radius 2 is 0.846 bits per heavy atom. The fraction of sp³-hybridized carbons (Fsp3) is 1.00. The van der Waals surface area contributed by atoms with Crippen LogP contribution in [0.2, 0.25) is 0 Å². The van der Waals surface area contributed by atoms with E-state index in [0.717, 1.165) is 48.7 Å². The first-order chi connectivity index (χ1) is 12.8. The molecule has 16 saturated carbocycles. The molecular formula is C26H22. The Labute approximate surface area is 152 Å². The van der Waals surface area contributed by atoms with Gasteiger partial charge >= 0.3 is 0 Å². The van der Waals surface area contributed by atoms with Crippen molar-refractivity contribution in [2.45, 2.75) is 26.2 Å². The molecule has 0 radical (unpaired) electrons. The first-order valence-electron chi connectivity index (χ1n) is 12.8. The molecule has 9 spiro atoms. The van der Waals surface area contributed by atoms with Gasteiger partial charge in [0.15, 0.2) is 0 Å². The summed E-state index contributed by atoms with van der Waals surface area (Å²) >= 11 is 0. The molecule has 0 amide bonds. The average molecular weight is 334 g/mol. The van der Waals surface area contributed by atoms with Crippen LogP contribution in [-0.2, 0) is 0 Å². The molecule has 0 heteroatoms. The van der Waals surface area contributed by atoms with Crippen LogP contribution in [0.15, 0.2) is 0 Å². The number of fused-ring (bicyclic) bond motifs is 8. The zero-order chi connectivity index (χ0) is 15.1. The molecule has 16 fully saturated rings. The van der Waals surface area contributed by atoms with E-state index in [1.807, 2.05) is 0 Å². The van der Waals surface area contributed by atoms with E-state index in [-0.39, 0.29) is 0 Å². The molecule has 0 aliphatic heterocycles. The number of hydrogen-bond acceptors (Lipinski definition) is 0. The SMILES string of the molecule is CC1C2C3C4CC5C6C7CC8C9C%10CC%11C%12C1C21C32C54C63C78C94C%10%11C%121C342. The minimum Gasteiger partial charge on any atom is -0.0619 e. The van der Waals surface area contributed by atoms with Crippen molar-refractivity contribution < 1.29 is 0 Å². The summed E-state index contributed by atoms with van der Waals surface area (Å²) in [6.07, 6.45) is 5.29. The Bertz CT molecular complexity index is 1160. The van der Waals surface area contributed by atoms with Crippen LogP contribution >= 0.6 is 0 Å². The lowest BCUT2D eigenvalue weighted by Gasteiger charge is -3.48. The summed E-state index contributed by atoms with van der Waals surface area (Å²) in [5, 5.41) is 0. The Morgan fingerprint density at radius 1 is 0.462 bits per heavy atom. The maximum absolute atomic E-state index is 2.76. The lowest BCUT2D eigenvalue weighted by Crippen LogP contribution is -3.46. The van der Waals surface area contributed by atoms with E-state index in [1.54, 1.807) is 19.3 Å². The van der Waals surface area contributed by atoms with Gasteiger partial charge in [-0.15, -0.1) is 0 Å². The third kappa shape index (κ3) is 0.236. The third-order valence-electron chi connectivity index (χ3n) is 20.2. The zero-order valence-electron chi connectivity index (χ0n) is 15.1. The second kappa shape index (κ2) is 1.56. The zero-order valence-corrected chi connectivity index (χ0v) is 15.1. The Balaban J connectivity index is 1.21. The molecule has 16 rings (SSSR count). The molecule has 26 heavy (non-hydrogen) atoms. The van der Waals surface area contributed by atoms with Crippen molar-refractivity contribution in [3.8, 4) is 0 Å². The summed E-state index contributed by atoms with van der Waals surface area (Å²) in [7, 11) is 0. The van der Waals surface area contributed by atoms with E-state index in [4.69, 9.17) is 0 Å². The minimum absolute atomic E-state index is 1.08. The largest absolute Gasteiger partial charge is 0.0619 e. The van der Waals surface area contributed by atoms with E-state index in [0.29, 0.717) is 0 Å². The molecule has 18 unspecified atom stereocenters. The quantitative estimate of drug-likeness (QED) is 0.638. The lowest BCUT2D eigenvalue weighted by molar-refractivity contribution is -1.03. The molecule has 16 aliphatic carbocycles. The summed E-state index contributed by atoms with van der Waals surface area (Å²) in [6.45, 7) is 2.76. The number of rotatable bonds is 0. The van der Waals surface area contributed by atoms with Crippen LogP contribution in [0.1, 0.15) is 26.2 Å². The van der Waals surface area contributed by atoms with Gasteiger partial charge in [0, 0.05) is 0 Å². The van der Waals surface area contributed by atoms with Gasteiger partial charge < -0.3 is 0 Å². The molecule has 0 aromatic heterocycles. The van der Waals surface area contributed by atoms with Crippen LogP contribution in [0, 0.1) is 126 Å². The molecule has 16 aliphatic rings. The summed E-state index contributed by atoms with van der Waals surface area (Å²) in [6, 6.07) is 0. The maximum atomic E-state index is 2.76. The van der Waals surface area contributed by atoms with Crippen LogP contribution < -0.4 is 0 Å². The summed E-state index contributed by atoms with van der Waals surface area (Å²) in [5.74, 6) is 17.1. The third-order valence-corrected chi connectivity index (χ3v) is 20.2. The molecule has 0 saturated heterocycles. The van der Waals surface area contributed by atoms with Gasteiger partial charge in [-0.1, -0.05) is 6.92 Å². The predicted molar refractivity (Wildman–Crippen MR) is 86.8 cm³/mol. The van der Waals surface area contributed by atoms with Crippen LogP contribution in [0.3, 0.4) is 0 Å². The molecule has 0 aromatic carbocycles. The fourth-order valence-electron chi connectivity index (χ4n) is 24.4. The van der Waals surface area contributed by atoms with Crippen molar-refractivity contribution in [2.24, 2.45) is 126 Å². The molecule has 0 aromatic rings. The van der Waals surface area contributed by atoms with Gasteiger partial charge in [-0.05, 0) is 145 Å². The molecular weight excluding hydrogens is 312 g/mol. The molecule has 126 valence electrons. The molecule has 0 nitrogen and oxygen atoms in total. The Morgan fingerprint density at radius 3 is 1.31 bits per heavy atom. The van der Waals surface area contributed by atoms with Gasteiger partial charge in [-0.25, -0.2) is 0 Å². The van der Waals surface area contributed by atoms with Crippen LogP contribution in [0.5, 0.6) is 0 Å². The predicted octanol–water partition coefficient (Wildman–Crippen LogP) is 3.28. The topological polar surface area (TPSA) is 0 Å². The normalized spacial score (nSPS) is 123. The van der Waals surface area contributed by atoms with E-state index in [2.05, 4.69) is 6.92 Å². The van der Waals surface area contributed by atoms with Crippen molar-refractivity contribution in [1.29, 1.82) is 0 Å². The van der Waals surface area contributed by atoms with E-state index in [9.17, 15) is 0 Å². The monoisotopic (exact) mass is 334 g/mol.